The molecule has 0 spiro atoms. The van der Waals surface area contributed by atoms with E-state index in [1.54, 1.807) is 18.2 Å². The van der Waals surface area contributed by atoms with Crippen LogP contribution in [0.1, 0.15) is 15.9 Å². The number of nitrogens with zero attached hydrogens (tertiary/aromatic N) is 1. The van der Waals surface area contributed by atoms with E-state index in [4.69, 9.17) is 4.74 Å². The minimum atomic E-state index is -4.50. The second kappa shape index (κ2) is 6.55. The average Bonchev–Trinajstić information content (AvgIpc) is 2.61. The zero-order valence-electron chi connectivity index (χ0n) is 13.5. The van der Waals surface area contributed by atoms with Gasteiger partial charge in [0.25, 0.3) is 0 Å². The number of nitrogens with one attached hydrogen (secondary N) is 1. The van der Waals surface area contributed by atoms with Crippen molar-refractivity contribution in [2.24, 2.45) is 0 Å². The van der Waals surface area contributed by atoms with E-state index in [1.807, 2.05) is 0 Å². The molecule has 0 saturated carbocycles. The lowest BCUT2D eigenvalue weighted by Crippen LogP contribution is -2.07. The maximum atomic E-state index is 12.9. The van der Waals surface area contributed by atoms with Gasteiger partial charge in [-0.05, 0) is 36.4 Å². The normalized spacial score (nSPS) is 11.4. The number of aromatic carboxylic acids is 1. The van der Waals surface area contributed by atoms with Crippen LogP contribution in [-0.4, -0.2) is 23.2 Å². The van der Waals surface area contributed by atoms with Crippen molar-refractivity contribution in [2.45, 2.75) is 6.18 Å². The minimum Gasteiger partial charge on any atom is -0.497 e. The van der Waals surface area contributed by atoms with E-state index in [0.717, 1.165) is 18.3 Å². The number of ether oxygens (including phenoxy) is 1. The van der Waals surface area contributed by atoms with Crippen LogP contribution in [0.2, 0.25) is 0 Å². The monoisotopic (exact) mass is 362 g/mol. The van der Waals surface area contributed by atoms with Gasteiger partial charge in [0.1, 0.15) is 11.3 Å². The van der Waals surface area contributed by atoms with Crippen LogP contribution in [0.15, 0.2) is 48.7 Å². The Hall–Kier alpha value is -3.29. The quantitative estimate of drug-likeness (QED) is 0.704. The van der Waals surface area contributed by atoms with Gasteiger partial charge in [0.2, 0.25) is 0 Å². The van der Waals surface area contributed by atoms with Crippen LogP contribution in [0.5, 0.6) is 5.75 Å². The molecule has 0 aliphatic heterocycles. The van der Waals surface area contributed by atoms with Crippen molar-refractivity contribution in [2.75, 3.05) is 12.4 Å². The van der Waals surface area contributed by atoms with E-state index in [1.165, 1.54) is 19.2 Å². The summed E-state index contributed by atoms with van der Waals surface area (Å²) in [4.78, 5) is 15.6. The van der Waals surface area contributed by atoms with Crippen molar-refractivity contribution >= 4 is 28.2 Å². The van der Waals surface area contributed by atoms with Crippen molar-refractivity contribution < 1.29 is 27.8 Å². The predicted octanol–water partition coefficient (Wildman–Crippen LogP) is 4.70. The van der Waals surface area contributed by atoms with E-state index >= 15 is 0 Å². The van der Waals surface area contributed by atoms with Gasteiger partial charge in [-0.25, -0.2) is 4.79 Å². The molecule has 0 saturated heterocycles. The van der Waals surface area contributed by atoms with Gasteiger partial charge < -0.3 is 15.2 Å². The van der Waals surface area contributed by atoms with Crippen molar-refractivity contribution in [1.29, 1.82) is 0 Å². The number of halogens is 3. The topological polar surface area (TPSA) is 71.5 Å². The molecule has 0 unspecified atom stereocenters. The summed E-state index contributed by atoms with van der Waals surface area (Å²) in [6, 6.07) is 9.39. The molecule has 0 aliphatic rings. The Morgan fingerprint density at radius 2 is 1.96 bits per heavy atom. The fraction of sp³-hybridized carbons (Fsp3) is 0.111. The van der Waals surface area contributed by atoms with Crippen LogP contribution in [0.4, 0.5) is 24.5 Å². The first-order chi connectivity index (χ1) is 12.3. The highest BCUT2D eigenvalue weighted by molar-refractivity contribution is 6.05. The van der Waals surface area contributed by atoms with Crippen molar-refractivity contribution in [3.63, 3.8) is 0 Å². The number of pyridine rings is 1. The van der Waals surface area contributed by atoms with Gasteiger partial charge in [0.15, 0.2) is 0 Å². The maximum Gasteiger partial charge on any atom is 0.416 e. The van der Waals surface area contributed by atoms with Gasteiger partial charge in [-0.15, -0.1) is 0 Å². The number of hydrogen-bond donors (Lipinski definition) is 2. The number of fused-ring (bicyclic) bond motifs is 1. The number of methoxy groups -OCH3 is 1. The molecule has 0 amide bonds. The molecule has 134 valence electrons. The Morgan fingerprint density at radius 3 is 2.62 bits per heavy atom. The molecule has 8 heteroatoms. The minimum absolute atomic E-state index is 0.109. The Kier molecular flexibility index (Phi) is 4.41. The average molecular weight is 362 g/mol. The summed E-state index contributed by atoms with van der Waals surface area (Å²) in [5.41, 5.74) is -0.276. The third-order valence-corrected chi connectivity index (χ3v) is 3.76. The fourth-order valence-electron chi connectivity index (χ4n) is 2.51. The lowest BCUT2D eigenvalue weighted by Gasteiger charge is -2.15. The van der Waals surface area contributed by atoms with E-state index in [2.05, 4.69) is 10.3 Å². The first kappa shape index (κ1) is 17.5. The molecule has 0 aliphatic carbocycles. The Morgan fingerprint density at radius 1 is 1.19 bits per heavy atom. The molecular formula is C18H13F3N2O3. The summed E-state index contributed by atoms with van der Waals surface area (Å²) in [6.07, 6.45) is -3.34. The molecule has 0 fully saturated rings. The highest BCUT2D eigenvalue weighted by atomic mass is 19.4. The van der Waals surface area contributed by atoms with Gasteiger partial charge >= 0.3 is 12.1 Å². The Labute approximate surface area is 146 Å². The molecular weight excluding hydrogens is 349 g/mol. The second-order valence-electron chi connectivity index (χ2n) is 5.44. The number of aromatic nitrogens is 1. The summed E-state index contributed by atoms with van der Waals surface area (Å²) in [5.74, 6) is -0.786. The molecule has 0 radical (unpaired) electrons. The van der Waals surface area contributed by atoms with Gasteiger partial charge in [-0.2, -0.15) is 13.2 Å². The third kappa shape index (κ3) is 3.39. The largest absolute Gasteiger partial charge is 0.497 e. The van der Waals surface area contributed by atoms with Crippen LogP contribution in [0.25, 0.3) is 10.9 Å². The number of carboxylic acid groups (broad SMARTS) is 1. The van der Waals surface area contributed by atoms with E-state index < -0.39 is 17.7 Å². The first-order valence-electron chi connectivity index (χ1n) is 7.44. The van der Waals surface area contributed by atoms with Crippen molar-refractivity contribution in [3.8, 4) is 5.75 Å². The van der Waals surface area contributed by atoms with Gasteiger partial charge in [-0.1, -0.05) is 6.07 Å². The van der Waals surface area contributed by atoms with Crippen molar-refractivity contribution in [3.05, 3.63) is 59.8 Å². The molecule has 0 atom stereocenters. The highest BCUT2D eigenvalue weighted by Crippen LogP contribution is 2.34. The Bertz CT molecular complexity index is 987. The number of carboxylic acids is 1. The SMILES string of the molecule is COc1ccc2ncc(C(=O)O)c(Nc3cccc(C(F)(F)F)c3)c2c1. The first-order valence-corrected chi connectivity index (χ1v) is 7.44. The fourth-order valence-corrected chi connectivity index (χ4v) is 2.51. The summed E-state index contributed by atoms with van der Waals surface area (Å²) in [6.45, 7) is 0. The molecule has 5 nitrogen and oxygen atoms in total. The Balaban J connectivity index is 2.16. The van der Waals surface area contributed by atoms with Crippen LogP contribution in [-0.2, 0) is 6.18 Å². The zero-order chi connectivity index (χ0) is 18.9. The zero-order valence-corrected chi connectivity index (χ0v) is 13.5. The maximum absolute atomic E-state index is 12.9. The number of rotatable bonds is 4. The van der Waals surface area contributed by atoms with Crippen LogP contribution < -0.4 is 10.1 Å². The molecule has 26 heavy (non-hydrogen) atoms. The molecule has 1 aromatic heterocycles. The van der Waals surface area contributed by atoms with Gasteiger partial charge in [-0.3, -0.25) is 4.98 Å². The van der Waals surface area contributed by atoms with E-state index in [-0.39, 0.29) is 16.9 Å². The summed E-state index contributed by atoms with van der Waals surface area (Å²) < 4.78 is 43.9. The number of hydrogen-bond acceptors (Lipinski definition) is 4. The lowest BCUT2D eigenvalue weighted by atomic mass is 10.1. The molecule has 3 rings (SSSR count). The molecule has 2 aromatic carbocycles. The summed E-state index contributed by atoms with van der Waals surface area (Å²) in [7, 11) is 1.45. The highest BCUT2D eigenvalue weighted by Gasteiger charge is 2.30. The second-order valence-corrected chi connectivity index (χ2v) is 5.44. The lowest BCUT2D eigenvalue weighted by molar-refractivity contribution is -0.137. The van der Waals surface area contributed by atoms with E-state index in [9.17, 15) is 23.1 Å². The summed E-state index contributed by atoms with van der Waals surface area (Å²) in [5, 5.41) is 12.6. The van der Waals surface area contributed by atoms with Gasteiger partial charge in [0, 0.05) is 17.3 Å². The van der Waals surface area contributed by atoms with Crippen molar-refractivity contribution in [1.82, 2.24) is 4.98 Å². The number of alkyl halides is 3. The third-order valence-electron chi connectivity index (χ3n) is 3.76. The molecule has 3 aromatic rings. The smallest absolute Gasteiger partial charge is 0.416 e. The number of benzene rings is 2. The van der Waals surface area contributed by atoms with Crippen LogP contribution in [0.3, 0.4) is 0 Å². The van der Waals surface area contributed by atoms with Gasteiger partial charge in [0.05, 0.1) is 23.9 Å². The van der Waals surface area contributed by atoms with Crippen LogP contribution in [0, 0.1) is 0 Å². The molecule has 1 heterocycles. The number of anilines is 2. The molecule has 0 bridgehead atoms. The molecule has 2 N–H and O–H groups in total. The predicted molar refractivity (Wildman–Crippen MR) is 90.0 cm³/mol. The summed E-state index contributed by atoms with van der Waals surface area (Å²) >= 11 is 0. The van der Waals surface area contributed by atoms with Crippen LogP contribution >= 0.6 is 0 Å². The van der Waals surface area contributed by atoms with E-state index in [0.29, 0.717) is 16.7 Å². The number of carbonyl (C=O) groups is 1. The standard InChI is InChI=1S/C18H13F3N2O3/c1-26-12-5-6-15-13(8-12)16(14(9-22-15)17(24)25)23-11-4-2-3-10(7-11)18(19,20)21/h2-9H,1H3,(H,22,23)(H,24,25).